The maximum absolute atomic E-state index is 2.46. The van der Waals surface area contributed by atoms with E-state index in [9.17, 15) is 0 Å². The average Bonchev–Trinajstić information content (AvgIpc) is 2.29. The van der Waals surface area contributed by atoms with Crippen molar-refractivity contribution in [3.05, 3.63) is 0 Å². The lowest BCUT2D eigenvalue weighted by Crippen LogP contribution is -2.27. The van der Waals surface area contributed by atoms with Gasteiger partial charge in [0.25, 0.3) is 0 Å². The summed E-state index contributed by atoms with van der Waals surface area (Å²) >= 11 is 8.79. The lowest BCUT2D eigenvalue weighted by molar-refractivity contribution is 0.663. The lowest BCUT2D eigenvalue weighted by Gasteiger charge is -2.38. The van der Waals surface area contributed by atoms with Crippen molar-refractivity contribution < 1.29 is 0 Å². The summed E-state index contributed by atoms with van der Waals surface area (Å²) in [5, 5.41) is 0. The molecule has 2 aliphatic rings. The third kappa shape index (κ3) is 3.96. The maximum atomic E-state index is 2.46. The van der Waals surface area contributed by atoms with Gasteiger partial charge in [0, 0.05) is 0 Å². The molecule has 0 spiro atoms. The van der Waals surface area contributed by atoms with Crippen LogP contribution in [0.2, 0.25) is 0 Å². The molecule has 0 aromatic rings. The third-order valence-corrected chi connectivity index (χ3v) is 9.88. The molecule has 2 fully saturated rings. The number of thioether (sulfide) groups is 4. The van der Waals surface area contributed by atoms with Gasteiger partial charge < -0.3 is 0 Å². The van der Waals surface area contributed by atoms with Crippen molar-refractivity contribution in [2.75, 3.05) is 23.0 Å². The maximum Gasteiger partial charge on any atom is 0.0583 e. The molecule has 0 aliphatic carbocycles. The fourth-order valence-corrected chi connectivity index (χ4v) is 8.00. The molecule has 0 nitrogen and oxygen atoms in total. The Balaban J connectivity index is 1.80. The first-order chi connectivity index (χ1) is 7.62. The molecule has 0 N–H and O–H groups in total. The van der Waals surface area contributed by atoms with E-state index in [2.05, 4.69) is 60.9 Å². The largest absolute Gasteiger partial charge is 0.144 e. The van der Waals surface area contributed by atoms with Gasteiger partial charge in [-0.1, -0.05) is 0 Å². The summed E-state index contributed by atoms with van der Waals surface area (Å²) < 4.78 is 1.03. The van der Waals surface area contributed by atoms with E-state index in [1.54, 1.807) is 0 Å². The van der Waals surface area contributed by atoms with Crippen molar-refractivity contribution in [2.24, 2.45) is 0 Å². The Morgan fingerprint density at radius 1 is 0.688 bits per heavy atom. The molecule has 0 atom stereocenters. The number of rotatable bonds is 3. The first-order valence-corrected chi connectivity index (χ1v) is 10.1. The molecule has 0 aromatic carbocycles. The van der Waals surface area contributed by atoms with Crippen LogP contribution >= 0.6 is 47.0 Å². The van der Waals surface area contributed by atoms with Crippen molar-refractivity contribution >= 4 is 47.0 Å². The molecule has 0 bridgehead atoms. The second-order valence-corrected chi connectivity index (χ2v) is 11.8. The number of hydrogen-bond acceptors (Lipinski definition) is 4. The van der Waals surface area contributed by atoms with Crippen LogP contribution in [0.4, 0.5) is 0 Å². The monoisotopic (exact) mass is 294 g/mol. The fraction of sp³-hybridized carbons (Fsp3) is 1.00. The van der Waals surface area contributed by atoms with Gasteiger partial charge in [-0.05, 0) is 62.5 Å². The Hall–Kier alpha value is 1.40. The zero-order valence-electron chi connectivity index (χ0n) is 10.3. The van der Waals surface area contributed by atoms with Crippen LogP contribution in [0.5, 0.6) is 0 Å². The van der Waals surface area contributed by atoms with Gasteiger partial charge >= 0.3 is 0 Å². The molecule has 2 heterocycles. The molecule has 16 heavy (non-hydrogen) atoms. The zero-order chi connectivity index (χ0) is 11.5. The molecule has 2 aliphatic heterocycles. The molecule has 0 saturated carbocycles. The highest BCUT2D eigenvalue weighted by atomic mass is 32.2. The van der Waals surface area contributed by atoms with Crippen LogP contribution in [-0.4, -0.2) is 31.2 Å². The highest BCUT2D eigenvalue weighted by molar-refractivity contribution is 8.19. The van der Waals surface area contributed by atoms with Crippen LogP contribution in [0.25, 0.3) is 0 Å². The summed E-state index contributed by atoms with van der Waals surface area (Å²) in [5.74, 6) is 5.50. The smallest absolute Gasteiger partial charge is 0.0583 e. The molecule has 94 valence electrons. The molecular formula is C12H22S4. The standard InChI is InChI=1S/C12H22S4/c1-11(13-7-3-8-14-11)5-6-12(2)15-9-4-10-16-12/h3-10H2,1-2H3. The average molecular weight is 295 g/mol. The van der Waals surface area contributed by atoms with Crippen LogP contribution in [0, 0.1) is 0 Å². The molecule has 4 heteroatoms. The van der Waals surface area contributed by atoms with Crippen LogP contribution in [0.15, 0.2) is 0 Å². The quantitative estimate of drug-likeness (QED) is 0.722. The van der Waals surface area contributed by atoms with E-state index in [1.807, 2.05) is 0 Å². The fourth-order valence-electron chi connectivity index (χ4n) is 2.10. The highest BCUT2D eigenvalue weighted by Crippen LogP contribution is 2.51. The summed E-state index contributed by atoms with van der Waals surface area (Å²) in [6, 6.07) is 0. The zero-order valence-corrected chi connectivity index (χ0v) is 13.6. The molecule has 2 saturated heterocycles. The Morgan fingerprint density at radius 2 is 1.00 bits per heavy atom. The van der Waals surface area contributed by atoms with Gasteiger partial charge in [0.1, 0.15) is 0 Å². The summed E-state index contributed by atoms with van der Waals surface area (Å²) in [4.78, 5) is 0. The van der Waals surface area contributed by atoms with Crippen LogP contribution in [-0.2, 0) is 0 Å². The Bertz CT molecular complexity index is 193. The van der Waals surface area contributed by atoms with Crippen molar-refractivity contribution in [2.45, 2.75) is 47.7 Å². The first-order valence-electron chi connectivity index (χ1n) is 6.18. The SMILES string of the molecule is CC1(CCC2(C)SCCCS2)SCCCS1. The topological polar surface area (TPSA) is 0 Å². The second-order valence-electron chi connectivity index (χ2n) is 4.87. The highest BCUT2D eigenvalue weighted by Gasteiger charge is 2.34. The van der Waals surface area contributed by atoms with E-state index in [4.69, 9.17) is 0 Å². The predicted molar refractivity (Wildman–Crippen MR) is 85.1 cm³/mol. The van der Waals surface area contributed by atoms with E-state index in [1.165, 1.54) is 48.7 Å². The molecule has 0 unspecified atom stereocenters. The van der Waals surface area contributed by atoms with Crippen molar-refractivity contribution in [1.82, 2.24) is 0 Å². The van der Waals surface area contributed by atoms with E-state index >= 15 is 0 Å². The summed E-state index contributed by atoms with van der Waals surface area (Å²) in [7, 11) is 0. The van der Waals surface area contributed by atoms with Gasteiger partial charge in [0.2, 0.25) is 0 Å². The van der Waals surface area contributed by atoms with Gasteiger partial charge in [-0.2, -0.15) is 0 Å². The van der Waals surface area contributed by atoms with E-state index < -0.39 is 0 Å². The van der Waals surface area contributed by atoms with Crippen LogP contribution in [0.1, 0.15) is 39.5 Å². The van der Waals surface area contributed by atoms with Crippen LogP contribution < -0.4 is 0 Å². The Labute approximate surface area is 117 Å². The summed E-state index contributed by atoms with van der Waals surface area (Å²) in [5.41, 5.74) is 0. The minimum Gasteiger partial charge on any atom is -0.144 e. The van der Waals surface area contributed by atoms with Gasteiger partial charge in [0.05, 0.1) is 8.16 Å². The number of hydrogen-bond donors (Lipinski definition) is 0. The van der Waals surface area contributed by atoms with Crippen LogP contribution in [0.3, 0.4) is 0 Å². The normalized spacial score (nSPS) is 28.9. The molecule has 2 rings (SSSR count). The van der Waals surface area contributed by atoms with Gasteiger partial charge in [0.15, 0.2) is 0 Å². The van der Waals surface area contributed by atoms with Crippen molar-refractivity contribution in [1.29, 1.82) is 0 Å². The van der Waals surface area contributed by atoms with Gasteiger partial charge in [-0.15, -0.1) is 47.0 Å². The van der Waals surface area contributed by atoms with Gasteiger partial charge in [-0.25, -0.2) is 0 Å². The third-order valence-electron chi connectivity index (χ3n) is 3.24. The van der Waals surface area contributed by atoms with E-state index in [-0.39, 0.29) is 0 Å². The summed E-state index contributed by atoms with van der Waals surface area (Å²) in [6.45, 7) is 4.92. The Morgan fingerprint density at radius 3 is 1.31 bits per heavy atom. The predicted octanol–water partition coefficient (Wildman–Crippen LogP) is 4.94. The minimum atomic E-state index is 0.514. The van der Waals surface area contributed by atoms with E-state index in [0.29, 0.717) is 8.16 Å². The first kappa shape index (κ1) is 13.8. The van der Waals surface area contributed by atoms with Crippen molar-refractivity contribution in [3.8, 4) is 0 Å². The lowest BCUT2D eigenvalue weighted by atomic mass is 10.2. The molecular weight excluding hydrogens is 272 g/mol. The van der Waals surface area contributed by atoms with Gasteiger partial charge in [-0.3, -0.25) is 0 Å². The summed E-state index contributed by atoms with van der Waals surface area (Å²) in [6.07, 6.45) is 5.59. The van der Waals surface area contributed by atoms with E-state index in [0.717, 1.165) is 0 Å². The second kappa shape index (κ2) is 6.03. The Kier molecular flexibility index (Phi) is 5.21. The minimum absolute atomic E-state index is 0.514. The molecule has 0 aromatic heterocycles. The van der Waals surface area contributed by atoms with Crippen molar-refractivity contribution in [3.63, 3.8) is 0 Å². The molecule has 0 radical (unpaired) electrons. The molecule has 0 amide bonds.